The predicted octanol–water partition coefficient (Wildman–Crippen LogP) is 8.72. The number of ketones is 2. The van der Waals surface area contributed by atoms with Gasteiger partial charge in [0.05, 0.1) is 6.10 Å². The van der Waals surface area contributed by atoms with E-state index in [9.17, 15) is 9.59 Å². The van der Waals surface area contributed by atoms with Crippen LogP contribution in [0.3, 0.4) is 0 Å². The highest BCUT2D eigenvalue weighted by molar-refractivity contribution is 5.96. The predicted molar refractivity (Wildman–Crippen MR) is 161 cm³/mol. The first-order valence-corrected chi connectivity index (χ1v) is 16.5. The highest BCUT2D eigenvalue weighted by Crippen LogP contribution is 2.75. The van der Waals surface area contributed by atoms with Crippen LogP contribution in [0.1, 0.15) is 132 Å². The molecule has 4 heteroatoms. The van der Waals surface area contributed by atoms with Crippen molar-refractivity contribution < 1.29 is 19.1 Å². The summed E-state index contributed by atoms with van der Waals surface area (Å²) < 4.78 is 12.0. The van der Waals surface area contributed by atoms with Crippen molar-refractivity contribution >= 4 is 11.6 Å². The van der Waals surface area contributed by atoms with Crippen LogP contribution in [0.4, 0.5) is 0 Å². The van der Waals surface area contributed by atoms with Crippen LogP contribution in [0.25, 0.3) is 0 Å². The maximum atomic E-state index is 14.7. The molecule has 0 spiro atoms. The van der Waals surface area contributed by atoms with Gasteiger partial charge in [0.2, 0.25) is 0 Å². The van der Waals surface area contributed by atoms with Crippen molar-refractivity contribution in [2.75, 3.05) is 13.9 Å². The number of hydrogen-bond acceptors (Lipinski definition) is 4. The Morgan fingerprint density at radius 3 is 2.33 bits per heavy atom. The molecule has 8 atom stereocenters. The molecule has 0 aromatic heterocycles. The third-order valence-corrected chi connectivity index (χ3v) is 14.1. The molecule has 40 heavy (non-hydrogen) atoms. The Morgan fingerprint density at radius 2 is 1.65 bits per heavy atom. The van der Waals surface area contributed by atoms with Gasteiger partial charge in [-0.25, -0.2) is 0 Å². The van der Waals surface area contributed by atoms with E-state index in [1.54, 1.807) is 7.11 Å². The molecule has 0 bridgehead atoms. The van der Waals surface area contributed by atoms with Gasteiger partial charge in [-0.3, -0.25) is 9.59 Å². The molecule has 226 valence electrons. The first-order valence-electron chi connectivity index (χ1n) is 16.5. The molecule has 1 unspecified atom stereocenters. The number of carbonyl (C=O) groups is 2. The third kappa shape index (κ3) is 4.19. The van der Waals surface area contributed by atoms with Crippen LogP contribution in [0.2, 0.25) is 0 Å². The lowest BCUT2D eigenvalue weighted by Gasteiger charge is -2.70. The van der Waals surface area contributed by atoms with Crippen molar-refractivity contribution in [1.82, 2.24) is 0 Å². The van der Waals surface area contributed by atoms with E-state index < -0.39 is 0 Å². The van der Waals surface area contributed by atoms with E-state index in [-0.39, 0.29) is 44.5 Å². The third-order valence-electron chi connectivity index (χ3n) is 14.1. The van der Waals surface area contributed by atoms with Gasteiger partial charge in [0.1, 0.15) is 12.6 Å². The molecule has 4 nitrogen and oxygen atoms in total. The molecule has 5 rings (SSSR count). The van der Waals surface area contributed by atoms with Crippen molar-refractivity contribution in [3.05, 3.63) is 11.6 Å². The van der Waals surface area contributed by atoms with Gasteiger partial charge in [-0.1, -0.05) is 73.8 Å². The number of allylic oxidation sites excluding steroid dienone is 2. The second-order valence-corrected chi connectivity index (χ2v) is 16.8. The Hall–Kier alpha value is -1.00. The maximum Gasteiger partial charge on any atom is 0.159 e. The second kappa shape index (κ2) is 10.0. The number of ether oxygens (including phenoxy) is 2. The van der Waals surface area contributed by atoms with Crippen molar-refractivity contribution in [3.8, 4) is 0 Å². The van der Waals surface area contributed by atoms with Gasteiger partial charge in [0, 0.05) is 30.3 Å². The van der Waals surface area contributed by atoms with E-state index in [2.05, 4.69) is 61.5 Å². The van der Waals surface area contributed by atoms with Crippen molar-refractivity contribution in [2.24, 2.45) is 50.2 Å². The summed E-state index contributed by atoms with van der Waals surface area (Å²) in [6, 6.07) is 0. The average Bonchev–Trinajstić information content (AvgIpc) is 2.88. The monoisotopic (exact) mass is 554 g/mol. The van der Waals surface area contributed by atoms with Gasteiger partial charge in [0.15, 0.2) is 5.78 Å². The highest BCUT2D eigenvalue weighted by atomic mass is 16.7. The molecule has 0 amide bonds. The average molecular weight is 555 g/mol. The summed E-state index contributed by atoms with van der Waals surface area (Å²) in [5, 5.41) is 0. The molecule has 5 aliphatic carbocycles. The summed E-state index contributed by atoms with van der Waals surface area (Å²) >= 11 is 0. The van der Waals surface area contributed by atoms with Gasteiger partial charge in [-0.05, 0) is 97.4 Å². The molecular weight excluding hydrogens is 496 g/mol. The van der Waals surface area contributed by atoms with Crippen molar-refractivity contribution in [2.45, 2.75) is 139 Å². The number of unbranched alkanes of at least 4 members (excludes halogenated alkanes) is 1. The van der Waals surface area contributed by atoms with Crippen molar-refractivity contribution in [3.63, 3.8) is 0 Å². The van der Waals surface area contributed by atoms with Crippen LogP contribution in [-0.2, 0) is 19.1 Å². The van der Waals surface area contributed by atoms with Gasteiger partial charge < -0.3 is 9.47 Å². The van der Waals surface area contributed by atoms with E-state index in [0.717, 1.165) is 64.2 Å². The summed E-state index contributed by atoms with van der Waals surface area (Å²) in [6.07, 6.45) is 15.0. The lowest BCUT2D eigenvalue weighted by atomic mass is 9.33. The summed E-state index contributed by atoms with van der Waals surface area (Å²) in [4.78, 5) is 27.8. The highest BCUT2D eigenvalue weighted by Gasteiger charge is 2.70. The second-order valence-electron chi connectivity index (χ2n) is 16.8. The number of hydrogen-bond donors (Lipinski definition) is 0. The van der Waals surface area contributed by atoms with Gasteiger partial charge in [-0.2, -0.15) is 0 Å². The molecule has 4 fully saturated rings. The molecule has 0 aromatic carbocycles. The number of methoxy groups -OCH3 is 1. The Labute approximate surface area is 244 Å². The lowest BCUT2D eigenvalue weighted by molar-refractivity contribution is -0.216. The van der Waals surface area contributed by atoms with Crippen LogP contribution in [0.15, 0.2) is 11.6 Å². The zero-order valence-electron chi connectivity index (χ0n) is 27.2. The summed E-state index contributed by atoms with van der Waals surface area (Å²) in [5.41, 5.74) is 1.15. The molecule has 0 aliphatic heterocycles. The van der Waals surface area contributed by atoms with Gasteiger partial charge in [-0.15, -0.1) is 0 Å². The molecule has 5 aliphatic rings. The molecule has 0 heterocycles. The van der Waals surface area contributed by atoms with Crippen LogP contribution >= 0.6 is 0 Å². The minimum absolute atomic E-state index is 0.0205. The number of carbonyl (C=O) groups excluding carboxylic acids is 2. The molecule has 0 N–H and O–H groups in total. The van der Waals surface area contributed by atoms with E-state index in [1.165, 1.54) is 12.0 Å². The van der Waals surface area contributed by atoms with E-state index >= 15 is 0 Å². The first kappa shape index (κ1) is 30.5. The van der Waals surface area contributed by atoms with Gasteiger partial charge >= 0.3 is 0 Å². The Bertz CT molecular complexity index is 1050. The fourth-order valence-electron chi connectivity index (χ4n) is 11.5. The molecular formula is C36H58O4. The Balaban J connectivity index is 1.61. The minimum Gasteiger partial charge on any atom is -0.359 e. The molecule has 0 saturated heterocycles. The molecule has 0 aromatic rings. The van der Waals surface area contributed by atoms with Gasteiger partial charge in [0.25, 0.3) is 0 Å². The Kier molecular flexibility index (Phi) is 7.64. The zero-order valence-corrected chi connectivity index (χ0v) is 27.2. The lowest BCUT2D eigenvalue weighted by Crippen LogP contribution is -2.66. The van der Waals surface area contributed by atoms with Crippen molar-refractivity contribution in [1.29, 1.82) is 0 Å². The quantitative estimate of drug-likeness (QED) is 0.295. The van der Waals surface area contributed by atoms with E-state index in [1.807, 2.05) is 0 Å². The normalized spacial score (nSPS) is 44.5. The van der Waals surface area contributed by atoms with Crippen LogP contribution in [0, 0.1) is 50.2 Å². The smallest absolute Gasteiger partial charge is 0.159 e. The first-order chi connectivity index (χ1) is 18.6. The molecule has 4 saturated carbocycles. The van der Waals surface area contributed by atoms with Crippen LogP contribution in [-0.4, -0.2) is 31.6 Å². The summed E-state index contributed by atoms with van der Waals surface area (Å²) in [5.74, 6) is 1.45. The fraction of sp³-hybridized carbons (Fsp3) is 0.889. The molecule has 0 radical (unpaired) electrons. The zero-order chi connectivity index (χ0) is 29.4. The number of Topliss-reactive ketones (excluding diaryl/α,β-unsaturated/α-hetero) is 1. The number of fused-ring (bicyclic) bond motifs is 7. The SMILES string of the molecule is CCCCC(OCOC)[C@]12CCC(C)(C)C[C@H]1[C@H]1C(=O)C=C3[C@@]4(C)CCC(=O)C(C)(C)[C@@H]4CC[C@@]3(C)[C@]1(C)CC2. The largest absolute Gasteiger partial charge is 0.359 e. The van der Waals surface area contributed by atoms with Crippen LogP contribution < -0.4 is 0 Å². The summed E-state index contributed by atoms with van der Waals surface area (Å²) in [7, 11) is 1.73. The van der Waals surface area contributed by atoms with E-state index in [0.29, 0.717) is 36.6 Å². The van der Waals surface area contributed by atoms with E-state index in [4.69, 9.17) is 9.47 Å². The fourth-order valence-corrected chi connectivity index (χ4v) is 11.5. The standard InChI is InChI=1S/C36H58O4/c1-10-11-12-29(40-23-39-9)36-19-17-31(2,3)22-24(36)30-25(37)21-27-33(6)15-14-28(38)32(4,5)26(33)13-16-34(27,7)35(30,8)18-20-36/h21,24,26,29-30H,10-20,22-23H2,1-9H3/t24-,26-,29?,30-,33-,34+,35+,36-/m0/s1. The minimum atomic E-state index is -0.323. The van der Waals surface area contributed by atoms with Crippen LogP contribution in [0.5, 0.6) is 0 Å². The number of rotatable bonds is 7. The Morgan fingerprint density at radius 1 is 0.950 bits per heavy atom. The topological polar surface area (TPSA) is 52.6 Å². The maximum absolute atomic E-state index is 14.7. The summed E-state index contributed by atoms with van der Waals surface area (Å²) in [6.45, 7) is 19.2.